The van der Waals surface area contributed by atoms with Gasteiger partial charge in [0.1, 0.15) is 5.54 Å². The Labute approximate surface area is 117 Å². The SMILES string of the molecule is CNC(C)(CCCN(CC1CC1)C(C)C)C(=O)OC. The zero-order chi connectivity index (χ0) is 14.5. The minimum Gasteiger partial charge on any atom is -0.468 e. The average Bonchev–Trinajstić information content (AvgIpc) is 3.20. The fourth-order valence-corrected chi connectivity index (χ4v) is 2.38. The number of carbonyl (C=O) groups is 1. The normalized spacial score (nSPS) is 18.7. The van der Waals surface area contributed by atoms with Crippen LogP contribution in [0.25, 0.3) is 0 Å². The molecule has 1 unspecified atom stereocenters. The first kappa shape index (κ1) is 16.4. The minimum atomic E-state index is -0.559. The van der Waals surface area contributed by atoms with Gasteiger partial charge in [0.05, 0.1) is 7.11 Å². The van der Waals surface area contributed by atoms with Crippen LogP contribution in [0.3, 0.4) is 0 Å². The van der Waals surface area contributed by atoms with Crippen molar-refractivity contribution in [1.29, 1.82) is 0 Å². The van der Waals surface area contributed by atoms with Gasteiger partial charge in [0.15, 0.2) is 0 Å². The lowest BCUT2D eigenvalue weighted by atomic mass is 9.96. The van der Waals surface area contributed by atoms with Gasteiger partial charge < -0.3 is 15.0 Å². The van der Waals surface area contributed by atoms with E-state index in [1.54, 1.807) is 0 Å². The van der Waals surface area contributed by atoms with Gasteiger partial charge in [-0.05, 0) is 66.0 Å². The first-order valence-corrected chi connectivity index (χ1v) is 7.44. The molecule has 1 fully saturated rings. The Bertz CT molecular complexity index is 290. The minimum absolute atomic E-state index is 0.173. The summed E-state index contributed by atoms with van der Waals surface area (Å²) in [5.74, 6) is 0.743. The van der Waals surface area contributed by atoms with E-state index >= 15 is 0 Å². The Morgan fingerprint density at radius 2 is 2.11 bits per heavy atom. The van der Waals surface area contributed by atoms with E-state index in [2.05, 4.69) is 24.1 Å². The summed E-state index contributed by atoms with van der Waals surface area (Å²) >= 11 is 0. The van der Waals surface area contributed by atoms with E-state index in [0.29, 0.717) is 6.04 Å². The number of hydrogen-bond donors (Lipinski definition) is 1. The van der Waals surface area contributed by atoms with E-state index in [1.807, 2.05) is 14.0 Å². The molecular weight excluding hydrogens is 240 g/mol. The summed E-state index contributed by atoms with van der Waals surface area (Å²) in [6.07, 6.45) is 4.60. The molecule has 0 radical (unpaired) electrons. The monoisotopic (exact) mass is 270 g/mol. The van der Waals surface area contributed by atoms with E-state index in [1.165, 1.54) is 26.5 Å². The molecule has 1 aliphatic rings. The molecule has 1 aliphatic carbocycles. The van der Waals surface area contributed by atoms with E-state index in [9.17, 15) is 4.79 Å². The number of nitrogens with zero attached hydrogens (tertiary/aromatic N) is 1. The highest BCUT2D eigenvalue weighted by Crippen LogP contribution is 2.30. The van der Waals surface area contributed by atoms with Crippen LogP contribution in [-0.2, 0) is 9.53 Å². The van der Waals surface area contributed by atoms with Crippen LogP contribution in [0.5, 0.6) is 0 Å². The van der Waals surface area contributed by atoms with Crippen LogP contribution >= 0.6 is 0 Å². The van der Waals surface area contributed by atoms with Crippen molar-refractivity contribution in [3.8, 4) is 0 Å². The van der Waals surface area contributed by atoms with E-state index in [0.717, 1.165) is 25.3 Å². The first-order chi connectivity index (χ1) is 8.92. The summed E-state index contributed by atoms with van der Waals surface area (Å²) < 4.78 is 4.87. The second-order valence-electron chi connectivity index (χ2n) is 6.21. The molecule has 1 rings (SSSR count). The van der Waals surface area contributed by atoms with Gasteiger partial charge in [0, 0.05) is 12.6 Å². The average molecular weight is 270 g/mol. The van der Waals surface area contributed by atoms with Gasteiger partial charge in [0.25, 0.3) is 0 Å². The summed E-state index contributed by atoms with van der Waals surface area (Å²) in [6, 6.07) is 0.583. The number of likely N-dealkylation sites (N-methyl/N-ethyl adjacent to an activating group) is 1. The highest BCUT2D eigenvalue weighted by Gasteiger charge is 2.32. The summed E-state index contributed by atoms with van der Waals surface area (Å²) in [7, 11) is 3.27. The van der Waals surface area contributed by atoms with Crippen molar-refractivity contribution >= 4 is 5.97 Å². The molecule has 0 aliphatic heterocycles. The highest BCUT2D eigenvalue weighted by atomic mass is 16.5. The summed E-state index contributed by atoms with van der Waals surface area (Å²) in [5, 5.41) is 3.09. The zero-order valence-corrected chi connectivity index (χ0v) is 13.2. The van der Waals surface area contributed by atoms with Gasteiger partial charge in [-0.1, -0.05) is 0 Å². The maximum absolute atomic E-state index is 11.8. The molecule has 0 aromatic heterocycles. The molecule has 0 amide bonds. The van der Waals surface area contributed by atoms with Crippen LogP contribution in [0.2, 0.25) is 0 Å². The van der Waals surface area contributed by atoms with Crippen molar-refractivity contribution in [2.45, 2.75) is 58.0 Å². The molecule has 0 spiro atoms. The quantitative estimate of drug-likeness (QED) is 0.651. The summed E-state index contributed by atoms with van der Waals surface area (Å²) in [6.45, 7) is 8.69. The molecule has 1 N–H and O–H groups in total. The third-order valence-corrected chi connectivity index (χ3v) is 4.23. The van der Waals surface area contributed by atoms with Crippen molar-refractivity contribution in [3.05, 3.63) is 0 Å². The van der Waals surface area contributed by atoms with Gasteiger partial charge in [-0.25, -0.2) is 0 Å². The van der Waals surface area contributed by atoms with Crippen LogP contribution in [0, 0.1) is 5.92 Å². The Morgan fingerprint density at radius 1 is 1.47 bits per heavy atom. The maximum Gasteiger partial charge on any atom is 0.325 e. The van der Waals surface area contributed by atoms with Gasteiger partial charge in [-0.3, -0.25) is 4.79 Å². The van der Waals surface area contributed by atoms with Gasteiger partial charge >= 0.3 is 5.97 Å². The maximum atomic E-state index is 11.8. The molecule has 0 bridgehead atoms. The summed E-state index contributed by atoms with van der Waals surface area (Å²) in [4.78, 5) is 14.3. The molecule has 19 heavy (non-hydrogen) atoms. The molecule has 4 heteroatoms. The molecule has 0 aromatic carbocycles. The lowest BCUT2D eigenvalue weighted by Crippen LogP contribution is -2.48. The van der Waals surface area contributed by atoms with Gasteiger partial charge in [0.2, 0.25) is 0 Å². The molecule has 4 nitrogen and oxygen atoms in total. The fraction of sp³-hybridized carbons (Fsp3) is 0.933. The van der Waals surface area contributed by atoms with Crippen LogP contribution in [-0.4, -0.2) is 49.7 Å². The van der Waals surface area contributed by atoms with Crippen molar-refractivity contribution in [2.75, 3.05) is 27.2 Å². The summed E-state index contributed by atoms with van der Waals surface area (Å²) in [5.41, 5.74) is -0.559. The molecule has 0 aromatic rings. The standard InChI is InChI=1S/C15H30N2O2/c1-12(2)17(11-13-7-8-13)10-6-9-15(3,16-4)14(18)19-5/h12-13,16H,6-11H2,1-5H3. The van der Waals surface area contributed by atoms with Crippen LogP contribution in [0.4, 0.5) is 0 Å². The molecule has 0 heterocycles. The van der Waals surface area contributed by atoms with Crippen LogP contribution < -0.4 is 5.32 Å². The predicted molar refractivity (Wildman–Crippen MR) is 78.1 cm³/mol. The first-order valence-electron chi connectivity index (χ1n) is 7.44. The molecular formula is C15H30N2O2. The molecule has 1 atom stereocenters. The predicted octanol–water partition coefficient (Wildman–Crippen LogP) is 2.04. The second-order valence-corrected chi connectivity index (χ2v) is 6.21. The number of esters is 1. The third-order valence-electron chi connectivity index (χ3n) is 4.23. The lowest BCUT2D eigenvalue weighted by Gasteiger charge is -2.30. The smallest absolute Gasteiger partial charge is 0.325 e. The van der Waals surface area contributed by atoms with E-state index < -0.39 is 5.54 Å². The second kappa shape index (κ2) is 7.25. The van der Waals surface area contributed by atoms with Crippen molar-refractivity contribution in [1.82, 2.24) is 10.2 Å². The van der Waals surface area contributed by atoms with E-state index in [4.69, 9.17) is 4.74 Å². The van der Waals surface area contributed by atoms with E-state index in [-0.39, 0.29) is 5.97 Å². The topological polar surface area (TPSA) is 41.6 Å². The number of methoxy groups -OCH3 is 1. The van der Waals surface area contributed by atoms with Gasteiger partial charge in [-0.15, -0.1) is 0 Å². The molecule has 0 saturated heterocycles. The fourth-order valence-electron chi connectivity index (χ4n) is 2.38. The van der Waals surface area contributed by atoms with Gasteiger partial charge in [-0.2, -0.15) is 0 Å². The van der Waals surface area contributed by atoms with Crippen molar-refractivity contribution in [2.24, 2.45) is 5.92 Å². The Morgan fingerprint density at radius 3 is 2.53 bits per heavy atom. The highest BCUT2D eigenvalue weighted by molar-refractivity contribution is 5.80. The number of hydrogen-bond acceptors (Lipinski definition) is 4. The van der Waals surface area contributed by atoms with Crippen LogP contribution in [0.15, 0.2) is 0 Å². The Kier molecular flexibility index (Phi) is 6.27. The number of nitrogens with one attached hydrogen (secondary N) is 1. The Balaban J connectivity index is 2.38. The van der Waals surface area contributed by atoms with Crippen molar-refractivity contribution in [3.63, 3.8) is 0 Å². The Hall–Kier alpha value is -0.610. The lowest BCUT2D eigenvalue weighted by molar-refractivity contribution is -0.148. The largest absolute Gasteiger partial charge is 0.468 e. The van der Waals surface area contributed by atoms with Crippen LogP contribution in [0.1, 0.15) is 46.5 Å². The van der Waals surface area contributed by atoms with Crippen molar-refractivity contribution < 1.29 is 9.53 Å². The number of carbonyl (C=O) groups excluding carboxylic acids is 1. The number of rotatable bonds is 9. The third kappa shape index (κ3) is 5.11. The molecule has 112 valence electrons. The zero-order valence-electron chi connectivity index (χ0n) is 13.2. The number of ether oxygens (including phenoxy) is 1. The molecule has 1 saturated carbocycles.